The predicted molar refractivity (Wildman–Crippen MR) is 76.0 cm³/mol. The van der Waals surface area contributed by atoms with Crippen LogP contribution >= 0.6 is 0 Å². The molecule has 2 aromatic heterocycles. The molecule has 0 bridgehead atoms. The molecular weight excluding hydrogens is 254 g/mol. The van der Waals surface area contributed by atoms with Crippen LogP contribution in [0.4, 0.5) is 0 Å². The van der Waals surface area contributed by atoms with Crippen molar-refractivity contribution in [2.24, 2.45) is 0 Å². The molecule has 1 atom stereocenters. The molecule has 6 heteroatoms. The zero-order chi connectivity index (χ0) is 14.4. The van der Waals surface area contributed by atoms with Crippen LogP contribution in [0.2, 0.25) is 0 Å². The maximum Gasteiger partial charge on any atom is 0.222 e. The summed E-state index contributed by atoms with van der Waals surface area (Å²) >= 11 is 0. The summed E-state index contributed by atoms with van der Waals surface area (Å²) in [7, 11) is 0. The molecule has 0 aliphatic rings. The van der Waals surface area contributed by atoms with Crippen LogP contribution in [0.25, 0.3) is 0 Å². The van der Waals surface area contributed by atoms with Gasteiger partial charge in [0.15, 0.2) is 0 Å². The second-order valence-electron chi connectivity index (χ2n) is 4.96. The number of nitrogens with zero attached hydrogens (tertiary/aromatic N) is 4. The number of aromatic nitrogens is 4. The number of rotatable bonds is 7. The average Bonchev–Trinajstić information content (AvgIpc) is 3.07. The van der Waals surface area contributed by atoms with Crippen LogP contribution in [0.5, 0.6) is 0 Å². The van der Waals surface area contributed by atoms with E-state index in [1.807, 2.05) is 23.9 Å². The highest BCUT2D eigenvalue weighted by atomic mass is 16.1. The second kappa shape index (κ2) is 6.88. The van der Waals surface area contributed by atoms with Crippen molar-refractivity contribution in [3.63, 3.8) is 0 Å². The first kappa shape index (κ1) is 14.3. The fraction of sp³-hybridized carbons (Fsp3) is 0.500. The zero-order valence-corrected chi connectivity index (χ0v) is 12.0. The second-order valence-corrected chi connectivity index (χ2v) is 4.96. The Bertz CT molecular complexity index is 532. The lowest BCUT2D eigenvalue weighted by Crippen LogP contribution is -2.37. The smallest absolute Gasteiger partial charge is 0.222 e. The van der Waals surface area contributed by atoms with Crippen LogP contribution in [0, 0.1) is 6.92 Å². The third kappa shape index (κ3) is 4.22. The largest absolute Gasteiger partial charge is 0.352 e. The lowest BCUT2D eigenvalue weighted by Gasteiger charge is -2.17. The molecule has 1 amide bonds. The maximum absolute atomic E-state index is 11.9. The first-order chi connectivity index (χ1) is 9.67. The van der Waals surface area contributed by atoms with E-state index in [-0.39, 0.29) is 11.9 Å². The van der Waals surface area contributed by atoms with Gasteiger partial charge in [0.05, 0.1) is 12.5 Å². The van der Waals surface area contributed by atoms with Crippen LogP contribution < -0.4 is 5.32 Å². The van der Waals surface area contributed by atoms with Crippen molar-refractivity contribution >= 4 is 5.91 Å². The normalized spacial score (nSPS) is 12.3. The van der Waals surface area contributed by atoms with Crippen molar-refractivity contribution in [3.05, 3.63) is 36.7 Å². The molecule has 0 aromatic carbocycles. The molecule has 2 rings (SSSR count). The quantitative estimate of drug-likeness (QED) is 0.830. The Labute approximate surface area is 118 Å². The highest BCUT2D eigenvalue weighted by Crippen LogP contribution is 2.00. The van der Waals surface area contributed by atoms with Crippen molar-refractivity contribution in [3.8, 4) is 0 Å². The highest BCUT2D eigenvalue weighted by molar-refractivity contribution is 5.76. The van der Waals surface area contributed by atoms with E-state index in [1.54, 1.807) is 23.4 Å². The molecule has 0 saturated heterocycles. The van der Waals surface area contributed by atoms with Gasteiger partial charge in [0, 0.05) is 44.1 Å². The Hall–Kier alpha value is -2.11. The Morgan fingerprint density at radius 1 is 1.50 bits per heavy atom. The molecule has 0 spiro atoms. The lowest BCUT2D eigenvalue weighted by molar-refractivity contribution is -0.122. The molecule has 2 aromatic rings. The van der Waals surface area contributed by atoms with E-state index in [0.717, 1.165) is 18.5 Å². The summed E-state index contributed by atoms with van der Waals surface area (Å²) in [6.07, 6.45) is 10.5. The minimum Gasteiger partial charge on any atom is -0.352 e. The number of carbonyl (C=O) groups is 1. The number of nitrogens with one attached hydrogen (secondary N) is 1. The molecule has 108 valence electrons. The van der Waals surface area contributed by atoms with Gasteiger partial charge in [0.25, 0.3) is 0 Å². The molecule has 0 unspecified atom stereocenters. The summed E-state index contributed by atoms with van der Waals surface area (Å²) in [6, 6.07) is 0.135. The molecule has 0 aliphatic carbocycles. The van der Waals surface area contributed by atoms with Gasteiger partial charge in [-0.25, -0.2) is 4.98 Å². The predicted octanol–water partition coefficient (Wildman–Crippen LogP) is 1.37. The van der Waals surface area contributed by atoms with Crippen LogP contribution in [-0.2, 0) is 17.9 Å². The summed E-state index contributed by atoms with van der Waals surface area (Å²) in [5.74, 6) is 0.0603. The van der Waals surface area contributed by atoms with Gasteiger partial charge in [0.2, 0.25) is 5.91 Å². The van der Waals surface area contributed by atoms with E-state index in [0.29, 0.717) is 13.0 Å². The number of imidazole rings is 1. The summed E-state index contributed by atoms with van der Waals surface area (Å²) in [4.78, 5) is 15.9. The summed E-state index contributed by atoms with van der Waals surface area (Å²) in [6.45, 7) is 5.42. The van der Waals surface area contributed by atoms with Gasteiger partial charge < -0.3 is 9.88 Å². The van der Waals surface area contributed by atoms with Crippen molar-refractivity contribution < 1.29 is 4.79 Å². The molecule has 20 heavy (non-hydrogen) atoms. The molecule has 0 saturated carbocycles. The SMILES string of the molecule is CC[C@H](Cn1ccnc1)NC(=O)CCn1cc(C)cn1. The van der Waals surface area contributed by atoms with Gasteiger partial charge in [-0.3, -0.25) is 9.48 Å². The molecule has 6 nitrogen and oxygen atoms in total. The van der Waals surface area contributed by atoms with Gasteiger partial charge in [0.1, 0.15) is 0 Å². The van der Waals surface area contributed by atoms with Crippen LogP contribution in [-0.4, -0.2) is 31.3 Å². The van der Waals surface area contributed by atoms with E-state index in [4.69, 9.17) is 0 Å². The number of hydrogen-bond acceptors (Lipinski definition) is 3. The number of hydrogen-bond donors (Lipinski definition) is 1. The Morgan fingerprint density at radius 3 is 2.95 bits per heavy atom. The number of aryl methyl sites for hydroxylation is 2. The van der Waals surface area contributed by atoms with E-state index in [9.17, 15) is 4.79 Å². The van der Waals surface area contributed by atoms with Crippen molar-refractivity contribution in [1.29, 1.82) is 0 Å². The van der Waals surface area contributed by atoms with Crippen molar-refractivity contribution in [2.45, 2.75) is 45.8 Å². The highest BCUT2D eigenvalue weighted by Gasteiger charge is 2.11. The molecule has 0 fully saturated rings. The first-order valence-electron chi connectivity index (χ1n) is 6.91. The zero-order valence-electron chi connectivity index (χ0n) is 12.0. The summed E-state index contributed by atoms with van der Waals surface area (Å²) in [5, 5.41) is 7.23. The molecule has 2 heterocycles. The molecule has 0 radical (unpaired) electrons. The fourth-order valence-corrected chi connectivity index (χ4v) is 2.03. The standard InChI is InChI=1S/C14H21N5O/c1-3-13(10-18-7-5-15-11-18)17-14(20)4-6-19-9-12(2)8-16-19/h5,7-9,11,13H,3-4,6,10H2,1-2H3,(H,17,20)/t13-/m1/s1. The molecule has 0 aliphatic heterocycles. The van der Waals surface area contributed by atoms with E-state index < -0.39 is 0 Å². The summed E-state index contributed by atoms with van der Waals surface area (Å²) < 4.78 is 3.77. The number of amides is 1. The van der Waals surface area contributed by atoms with Crippen LogP contribution in [0.15, 0.2) is 31.1 Å². The van der Waals surface area contributed by atoms with Gasteiger partial charge in [-0.05, 0) is 18.9 Å². The fourth-order valence-electron chi connectivity index (χ4n) is 2.03. The Balaban J connectivity index is 1.77. The van der Waals surface area contributed by atoms with Crippen molar-refractivity contribution in [2.75, 3.05) is 0 Å². The molecular formula is C14H21N5O. The Morgan fingerprint density at radius 2 is 2.35 bits per heavy atom. The van der Waals surface area contributed by atoms with E-state index in [2.05, 4.69) is 22.3 Å². The topological polar surface area (TPSA) is 64.7 Å². The number of carbonyl (C=O) groups excluding carboxylic acids is 1. The minimum atomic E-state index is 0.0603. The third-order valence-electron chi connectivity index (χ3n) is 3.18. The van der Waals surface area contributed by atoms with Crippen molar-refractivity contribution in [1.82, 2.24) is 24.6 Å². The van der Waals surface area contributed by atoms with Gasteiger partial charge in [-0.1, -0.05) is 6.92 Å². The third-order valence-corrected chi connectivity index (χ3v) is 3.18. The molecule has 1 N–H and O–H groups in total. The maximum atomic E-state index is 11.9. The minimum absolute atomic E-state index is 0.0603. The Kier molecular flexibility index (Phi) is 4.92. The van der Waals surface area contributed by atoms with Crippen LogP contribution in [0.3, 0.4) is 0 Å². The lowest BCUT2D eigenvalue weighted by atomic mass is 10.2. The monoisotopic (exact) mass is 275 g/mol. The van der Waals surface area contributed by atoms with Gasteiger partial charge >= 0.3 is 0 Å². The van der Waals surface area contributed by atoms with Gasteiger partial charge in [-0.15, -0.1) is 0 Å². The van der Waals surface area contributed by atoms with Gasteiger partial charge in [-0.2, -0.15) is 5.10 Å². The summed E-state index contributed by atoms with van der Waals surface area (Å²) in [5.41, 5.74) is 1.11. The van der Waals surface area contributed by atoms with Crippen LogP contribution in [0.1, 0.15) is 25.3 Å². The first-order valence-corrected chi connectivity index (χ1v) is 6.91. The van der Waals surface area contributed by atoms with E-state index in [1.165, 1.54) is 0 Å². The van der Waals surface area contributed by atoms with E-state index >= 15 is 0 Å². The average molecular weight is 275 g/mol.